The Morgan fingerprint density at radius 3 is 2.55 bits per heavy atom. The molecular formula is C21H16N4O6. The zero-order chi connectivity index (χ0) is 22.0. The fourth-order valence-electron chi connectivity index (χ4n) is 3.30. The molecular weight excluding hydrogens is 404 g/mol. The number of oxazole rings is 1. The van der Waals surface area contributed by atoms with Crippen LogP contribution in [0.5, 0.6) is 0 Å². The number of hydrazine groups is 1. The van der Waals surface area contributed by atoms with E-state index in [9.17, 15) is 24.5 Å². The normalized spacial score (nSPS) is 10.8. The van der Waals surface area contributed by atoms with Crippen molar-refractivity contribution >= 4 is 39.4 Å². The molecule has 0 saturated carbocycles. The number of aromatic nitrogens is 1. The molecule has 0 fully saturated rings. The van der Waals surface area contributed by atoms with E-state index in [0.29, 0.717) is 0 Å². The van der Waals surface area contributed by atoms with Crippen molar-refractivity contribution in [3.8, 4) is 0 Å². The summed E-state index contributed by atoms with van der Waals surface area (Å²) in [5.74, 6) is -1.92. The van der Waals surface area contributed by atoms with Gasteiger partial charge in [-0.2, -0.15) is 0 Å². The molecule has 0 radical (unpaired) electrons. The minimum Gasteiger partial charge on any atom is -0.407 e. The third-order valence-electron chi connectivity index (χ3n) is 4.74. The zero-order valence-electron chi connectivity index (χ0n) is 16.0. The summed E-state index contributed by atoms with van der Waals surface area (Å²) in [5, 5.41) is 12.8. The average molecular weight is 420 g/mol. The molecule has 10 nitrogen and oxygen atoms in total. The second-order valence-electron chi connectivity index (χ2n) is 6.77. The molecule has 4 aromatic rings. The average Bonchev–Trinajstić information content (AvgIpc) is 3.07. The number of nitro groups is 1. The lowest BCUT2D eigenvalue weighted by atomic mass is 10.0. The van der Waals surface area contributed by atoms with E-state index in [2.05, 4.69) is 10.9 Å². The number of carbonyl (C=O) groups is 2. The standard InChI is InChI=1S/C21H16N4O6/c26-19(10-14-6-3-5-13-4-1-2-7-16(13)14)22-23-20(27)12-24-17-9-8-15(25(29)30)11-18(17)31-21(24)28/h1-9,11H,10,12H2,(H,22,26)(H,23,27). The maximum Gasteiger partial charge on any atom is 0.420 e. The lowest BCUT2D eigenvalue weighted by Gasteiger charge is -2.09. The summed E-state index contributed by atoms with van der Waals surface area (Å²) in [7, 11) is 0. The quantitative estimate of drug-likeness (QED) is 0.375. The van der Waals surface area contributed by atoms with Gasteiger partial charge in [-0.15, -0.1) is 0 Å². The number of amides is 2. The summed E-state index contributed by atoms with van der Waals surface area (Å²) in [5.41, 5.74) is 5.38. The van der Waals surface area contributed by atoms with Gasteiger partial charge in [-0.25, -0.2) is 4.79 Å². The molecule has 1 aromatic heterocycles. The third kappa shape index (κ3) is 4.13. The van der Waals surface area contributed by atoms with Gasteiger partial charge in [-0.05, 0) is 22.4 Å². The summed E-state index contributed by atoms with van der Waals surface area (Å²) >= 11 is 0. The molecule has 1 heterocycles. The van der Waals surface area contributed by atoms with Crippen LogP contribution in [0.3, 0.4) is 0 Å². The van der Waals surface area contributed by atoms with Gasteiger partial charge in [0.1, 0.15) is 6.54 Å². The molecule has 0 spiro atoms. The Morgan fingerprint density at radius 2 is 1.74 bits per heavy atom. The Labute approximate surface area is 174 Å². The molecule has 0 unspecified atom stereocenters. The highest BCUT2D eigenvalue weighted by Gasteiger charge is 2.16. The predicted octanol–water partition coefficient (Wildman–Crippen LogP) is 2.05. The molecule has 0 bridgehead atoms. The summed E-state index contributed by atoms with van der Waals surface area (Å²) in [4.78, 5) is 46.7. The summed E-state index contributed by atoms with van der Waals surface area (Å²) < 4.78 is 5.99. The highest BCUT2D eigenvalue weighted by atomic mass is 16.6. The molecule has 3 aromatic carbocycles. The van der Waals surface area contributed by atoms with Crippen molar-refractivity contribution in [2.75, 3.05) is 0 Å². The Hall–Kier alpha value is -4.47. The van der Waals surface area contributed by atoms with Crippen molar-refractivity contribution in [1.82, 2.24) is 15.4 Å². The molecule has 0 saturated heterocycles. The van der Waals surface area contributed by atoms with E-state index in [1.165, 1.54) is 12.1 Å². The first kappa shape index (κ1) is 19.8. The molecule has 156 valence electrons. The van der Waals surface area contributed by atoms with E-state index in [1.54, 1.807) is 0 Å². The number of hydrogen-bond acceptors (Lipinski definition) is 6. The third-order valence-corrected chi connectivity index (χ3v) is 4.74. The number of non-ortho nitro benzene ring substituents is 1. The number of nitro benzene ring substituents is 1. The van der Waals surface area contributed by atoms with Gasteiger partial charge in [0.15, 0.2) is 5.58 Å². The van der Waals surface area contributed by atoms with E-state index in [1.807, 2.05) is 42.5 Å². The Balaban J connectivity index is 1.41. The predicted molar refractivity (Wildman–Crippen MR) is 111 cm³/mol. The first-order chi connectivity index (χ1) is 14.9. The van der Waals surface area contributed by atoms with Gasteiger partial charge in [0.25, 0.3) is 11.6 Å². The molecule has 2 amide bonds. The SMILES string of the molecule is O=C(Cc1cccc2ccccc12)NNC(=O)Cn1c(=O)oc2cc([N+](=O)[O-])ccc21. The maximum absolute atomic E-state index is 12.3. The monoisotopic (exact) mass is 420 g/mol. The lowest BCUT2D eigenvalue weighted by molar-refractivity contribution is -0.384. The van der Waals surface area contributed by atoms with Crippen LogP contribution in [0.15, 0.2) is 69.9 Å². The molecule has 10 heteroatoms. The van der Waals surface area contributed by atoms with Gasteiger partial charge in [0.05, 0.1) is 22.9 Å². The van der Waals surface area contributed by atoms with Crippen molar-refractivity contribution in [3.63, 3.8) is 0 Å². The second-order valence-corrected chi connectivity index (χ2v) is 6.77. The highest BCUT2D eigenvalue weighted by Crippen LogP contribution is 2.20. The van der Waals surface area contributed by atoms with Gasteiger partial charge >= 0.3 is 5.76 Å². The van der Waals surface area contributed by atoms with Gasteiger partial charge in [0, 0.05) is 6.07 Å². The van der Waals surface area contributed by atoms with Crippen molar-refractivity contribution in [3.05, 3.63) is 86.9 Å². The molecule has 0 atom stereocenters. The van der Waals surface area contributed by atoms with Crippen LogP contribution in [0.2, 0.25) is 0 Å². The van der Waals surface area contributed by atoms with Gasteiger partial charge in [-0.1, -0.05) is 42.5 Å². The number of nitrogens with zero attached hydrogens (tertiary/aromatic N) is 2. The zero-order valence-corrected chi connectivity index (χ0v) is 16.0. The van der Waals surface area contributed by atoms with Crippen LogP contribution in [0.1, 0.15) is 5.56 Å². The van der Waals surface area contributed by atoms with Crippen LogP contribution in [0.4, 0.5) is 5.69 Å². The summed E-state index contributed by atoms with van der Waals surface area (Å²) in [6.45, 7) is -0.432. The van der Waals surface area contributed by atoms with E-state index in [-0.39, 0.29) is 23.2 Å². The van der Waals surface area contributed by atoms with Crippen molar-refractivity contribution in [2.24, 2.45) is 0 Å². The largest absolute Gasteiger partial charge is 0.420 e. The van der Waals surface area contributed by atoms with Gasteiger partial charge < -0.3 is 4.42 Å². The maximum atomic E-state index is 12.3. The van der Waals surface area contributed by atoms with E-state index in [0.717, 1.165) is 27.0 Å². The fraction of sp³-hybridized carbons (Fsp3) is 0.0952. The molecule has 2 N–H and O–H groups in total. The second kappa shape index (κ2) is 8.11. The topological polar surface area (TPSA) is 136 Å². The van der Waals surface area contributed by atoms with Crippen LogP contribution in [0.25, 0.3) is 21.9 Å². The molecule has 0 aliphatic heterocycles. The Kier molecular flexibility index (Phi) is 5.19. The fourth-order valence-corrected chi connectivity index (χ4v) is 3.30. The van der Waals surface area contributed by atoms with Gasteiger partial charge in [0.2, 0.25) is 5.91 Å². The van der Waals surface area contributed by atoms with Crippen molar-refractivity contribution < 1.29 is 18.9 Å². The highest BCUT2D eigenvalue weighted by molar-refractivity contribution is 5.91. The first-order valence-electron chi connectivity index (χ1n) is 9.24. The molecule has 31 heavy (non-hydrogen) atoms. The molecule has 0 aliphatic rings. The minimum atomic E-state index is -0.840. The van der Waals surface area contributed by atoms with Crippen molar-refractivity contribution in [1.29, 1.82) is 0 Å². The summed E-state index contributed by atoms with van der Waals surface area (Å²) in [6.07, 6.45) is 0.0554. The number of rotatable bonds is 5. The van der Waals surface area contributed by atoms with Crippen LogP contribution in [-0.2, 0) is 22.6 Å². The van der Waals surface area contributed by atoms with E-state index in [4.69, 9.17) is 4.42 Å². The van der Waals surface area contributed by atoms with Crippen LogP contribution in [-0.4, -0.2) is 21.3 Å². The molecule has 0 aliphatic carbocycles. The Bertz CT molecular complexity index is 1380. The van der Waals surface area contributed by atoms with Gasteiger partial charge in [-0.3, -0.25) is 35.1 Å². The van der Waals surface area contributed by atoms with E-state index < -0.39 is 29.0 Å². The van der Waals surface area contributed by atoms with E-state index >= 15 is 0 Å². The Morgan fingerprint density at radius 1 is 1.00 bits per heavy atom. The van der Waals surface area contributed by atoms with Crippen molar-refractivity contribution in [2.45, 2.75) is 13.0 Å². The lowest BCUT2D eigenvalue weighted by Crippen LogP contribution is -2.44. The summed E-state index contributed by atoms with van der Waals surface area (Å²) in [6, 6.07) is 16.9. The van der Waals surface area contributed by atoms with Crippen LogP contribution >= 0.6 is 0 Å². The number of nitrogens with one attached hydrogen (secondary N) is 2. The number of hydrogen-bond donors (Lipinski definition) is 2. The van der Waals surface area contributed by atoms with Crippen LogP contribution < -0.4 is 16.6 Å². The number of fused-ring (bicyclic) bond motifs is 2. The first-order valence-corrected chi connectivity index (χ1v) is 9.24. The minimum absolute atomic E-state index is 0.00742. The smallest absolute Gasteiger partial charge is 0.407 e. The van der Waals surface area contributed by atoms with Crippen LogP contribution in [0, 0.1) is 10.1 Å². The number of carbonyl (C=O) groups excluding carboxylic acids is 2. The number of benzene rings is 3. The molecule has 4 rings (SSSR count).